The van der Waals surface area contributed by atoms with Crippen molar-refractivity contribution >= 4 is 24.0 Å². The number of hydrogen-bond acceptors (Lipinski definition) is 4. The summed E-state index contributed by atoms with van der Waals surface area (Å²) in [6.45, 7) is 5.60. The Morgan fingerprint density at radius 1 is 1.38 bits per heavy atom. The molecule has 0 aliphatic carbocycles. The van der Waals surface area contributed by atoms with Crippen molar-refractivity contribution in [2.45, 2.75) is 33.2 Å². The maximum Gasteiger partial charge on any atom is 0.261 e. The standard InChI is InChI=1S/C15H19N3O2.ClH/c1-4-13-14(10(3)18-20-13)15(19)17-12-7-5-11(6-8-12)9(2)16;/h5-9H,4,16H2,1-3H3,(H,17,19);1H. The third-order valence-electron chi connectivity index (χ3n) is 3.18. The zero-order chi connectivity index (χ0) is 14.7. The first-order chi connectivity index (χ1) is 9.52. The molecular formula is C15H20ClN3O2. The van der Waals surface area contributed by atoms with Gasteiger partial charge in [-0.05, 0) is 31.5 Å². The Labute approximate surface area is 130 Å². The fraction of sp³-hybridized carbons (Fsp3) is 0.333. The number of nitrogens with one attached hydrogen (secondary N) is 1. The first-order valence-electron chi connectivity index (χ1n) is 6.65. The van der Waals surface area contributed by atoms with Crippen LogP contribution in [0.25, 0.3) is 0 Å². The molecule has 1 aromatic heterocycles. The molecule has 1 aromatic carbocycles. The largest absolute Gasteiger partial charge is 0.360 e. The van der Waals surface area contributed by atoms with Crippen LogP contribution in [-0.2, 0) is 6.42 Å². The number of carbonyl (C=O) groups is 1. The average Bonchev–Trinajstić information content (AvgIpc) is 2.80. The number of nitrogens with two attached hydrogens (primary N) is 1. The van der Waals surface area contributed by atoms with Crippen molar-refractivity contribution in [1.82, 2.24) is 5.16 Å². The second kappa shape index (κ2) is 7.24. The summed E-state index contributed by atoms with van der Waals surface area (Å²) in [5.74, 6) is 0.404. The highest BCUT2D eigenvalue weighted by Crippen LogP contribution is 2.18. The van der Waals surface area contributed by atoms with E-state index in [2.05, 4.69) is 10.5 Å². The minimum atomic E-state index is -0.200. The van der Waals surface area contributed by atoms with Crippen LogP contribution < -0.4 is 11.1 Å². The van der Waals surface area contributed by atoms with Crippen LogP contribution in [0.4, 0.5) is 5.69 Å². The van der Waals surface area contributed by atoms with Crippen molar-refractivity contribution in [3.8, 4) is 0 Å². The molecule has 0 spiro atoms. The molecule has 0 saturated carbocycles. The van der Waals surface area contributed by atoms with Crippen molar-refractivity contribution in [3.05, 3.63) is 46.8 Å². The lowest BCUT2D eigenvalue weighted by Crippen LogP contribution is -2.14. The highest BCUT2D eigenvalue weighted by molar-refractivity contribution is 6.05. The molecule has 21 heavy (non-hydrogen) atoms. The lowest BCUT2D eigenvalue weighted by molar-refractivity contribution is 0.102. The summed E-state index contributed by atoms with van der Waals surface area (Å²) in [5.41, 5.74) is 8.66. The quantitative estimate of drug-likeness (QED) is 0.908. The average molecular weight is 310 g/mol. The van der Waals surface area contributed by atoms with E-state index in [0.717, 1.165) is 11.3 Å². The number of rotatable bonds is 4. The summed E-state index contributed by atoms with van der Waals surface area (Å²) in [6, 6.07) is 7.46. The lowest BCUT2D eigenvalue weighted by atomic mass is 10.1. The van der Waals surface area contributed by atoms with Gasteiger partial charge in [-0.25, -0.2) is 0 Å². The topological polar surface area (TPSA) is 81.2 Å². The van der Waals surface area contributed by atoms with Gasteiger partial charge in [0.15, 0.2) is 0 Å². The third kappa shape index (κ3) is 3.83. The first kappa shape index (κ1) is 17.2. The number of hydrogen-bond donors (Lipinski definition) is 2. The zero-order valence-electron chi connectivity index (χ0n) is 12.3. The molecule has 0 radical (unpaired) electrons. The number of anilines is 1. The van der Waals surface area contributed by atoms with Gasteiger partial charge in [0.1, 0.15) is 11.3 Å². The van der Waals surface area contributed by atoms with Gasteiger partial charge in [-0.3, -0.25) is 4.79 Å². The Bertz CT molecular complexity index is 606. The maximum absolute atomic E-state index is 12.3. The Balaban J connectivity index is 0.00000220. The molecule has 2 aromatic rings. The highest BCUT2D eigenvalue weighted by atomic mass is 35.5. The van der Waals surface area contributed by atoms with Crippen molar-refractivity contribution in [2.24, 2.45) is 5.73 Å². The monoisotopic (exact) mass is 309 g/mol. The molecule has 0 aliphatic heterocycles. The molecule has 2 rings (SSSR count). The third-order valence-corrected chi connectivity index (χ3v) is 3.18. The van der Waals surface area contributed by atoms with E-state index in [1.165, 1.54) is 0 Å². The van der Waals surface area contributed by atoms with Crippen LogP contribution in [0.2, 0.25) is 0 Å². The minimum absolute atomic E-state index is 0. The number of carbonyl (C=O) groups excluding carboxylic acids is 1. The van der Waals surface area contributed by atoms with Crippen LogP contribution in [0.5, 0.6) is 0 Å². The van der Waals surface area contributed by atoms with Gasteiger partial charge in [0.25, 0.3) is 5.91 Å². The van der Waals surface area contributed by atoms with Gasteiger partial charge in [0.2, 0.25) is 0 Å². The van der Waals surface area contributed by atoms with Gasteiger partial charge in [-0.2, -0.15) is 0 Å². The predicted octanol–water partition coefficient (Wildman–Crippen LogP) is 3.24. The second-order valence-corrected chi connectivity index (χ2v) is 4.78. The maximum atomic E-state index is 12.3. The highest BCUT2D eigenvalue weighted by Gasteiger charge is 2.19. The molecular weight excluding hydrogens is 290 g/mol. The van der Waals surface area contributed by atoms with E-state index in [4.69, 9.17) is 10.3 Å². The molecule has 0 bridgehead atoms. The molecule has 5 nitrogen and oxygen atoms in total. The Morgan fingerprint density at radius 2 is 2.00 bits per heavy atom. The van der Waals surface area contributed by atoms with E-state index in [9.17, 15) is 4.79 Å². The second-order valence-electron chi connectivity index (χ2n) is 4.78. The summed E-state index contributed by atoms with van der Waals surface area (Å²) in [4.78, 5) is 12.3. The van der Waals surface area contributed by atoms with Crippen molar-refractivity contribution in [2.75, 3.05) is 5.32 Å². The number of amides is 1. The van der Waals surface area contributed by atoms with Gasteiger partial charge >= 0.3 is 0 Å². The van der Waals surface area contributed by atoms with Crippen LogP contribution in [0.1, 0.15) is 47.3 Å². The Hall–Kier alpha value is -1.85. The summed E-state index contributed by atoms with van der Waals surface area (Å²) in [5, 5.41) is 6.68. The molecule has 1 amide bonds. The van der Waals surface area contributed by atoms with Crippen LogP contribution >= 0.6 is 12.4 Å². The van der Waals surface area contributed by atoms with Crippen LogP contribution in [0.15, 0.2) is 28.8 Å². The normalized spacial score (nSPS) is 11.6. The fourth-order valence-electron chi connectivity index (χ4n) is 2.01. The van der Waals surface area contributed by atoms with Gasteiger partial charge in [0.05, 0.1) is 5.69 Å². The van der Waals surface area contributed by atoms with Crippen molar-refractivity contribution in [3.63, 3.8) is 0 Å². The summed E-state index contributed by atoms with van der Waals surface area (Å²) in [7, 11) is 0. The molecule has 114 valence electrons. The molecule has 6 heteroatoms. The predicted molar refractivity (Wildman–Crippen MR) is 84.9 cm³/mol. The molecule has 1 atom stereocenters. The number of nitrogens with zero attached hydrogens (tertiary/aromatic N) is 1. The molecule has 3 N–H and O–H groups in total. The van der Waals surface area contributed by atoms with Crippen molar-refractivity contribution < 1.29 is 9.32 Å². The van der Waals surface area contributed by atoms with Crippen LogP contribution in [0.3, 0.4) is 0 Å². The smallest absolute Gasteiger partial charge is 0.261 e. The van der Waals surface area contributed by atoms with Gasteiger partial charge < -0.3 is 15.6 Å². The number of aryl methyl sites for hydroxylation is 2. The van der Waals surface area contributed by atoms with E-state index in [1.54, 1.807) is 6.92 Å². The minimum Gasteiger partial charge on any atom is -0.360 e. The number of halogens is 1. The zero-order valence-corrected chi connectivity index (χ0v) is 13.2. The number of benzene rings is 1. The van der Waals surface area contributed by atoms with E-state index in [0.29, 0.717) is 23.4 Å². The van der Waals surface area contributed by atoms with E-state index < -0.39 is 0 Å². The summed E-state index contributed by atoms with van der Waals surface area (Å²) in [6.07, 6.45) is 0.632. The molecule has 0 aliphatic rings. The van der Waals surface area contributed by atoms with Gasteiger partial charge in [0, 0.05) is 18.2 Å². The van der Waals surface area contributed by atoms with E-state index in [1.807, 2.05) is 38.1 Å². The van der Waals surface area contributed by atoms with E-state index in [-0.39, 0.29) is 24.4 Å². The molecule has 1 unspecified atom stereocenters. The summed E-state index contributed by atoms with van der Waals surface area (Å²) >= 11 is 0. The summed E-state index contributed by atoms with van der Waals surface area (Å²) < 4.78 is 5.13. The van der Waals surface area contributed by atoms with Gasteiger partial charge in [-0.1, -0.05) is 24.2 Å². The van der Waals surface area contributed by atoms with Crippen molar-refractivity contribution in [1.29, 1.82) is 0 Å². The first-order valence-corrected chi connectivity index (χ1v) is 6.65. The molecule has 1 heterocycles. The fourth-order valence-corrected chi connectivity index (χ4v) is 2.01. The Kier molecular flexibility index (Phi) is 5.93. The number of aromatic nitrogens is 1. The van der Waals surface area contributed by atoms with Gasteiger partial charge in [-0.15, -0.1) is 12.4 Å². The van der Waals surface area contributed by atoms with E-state index >= 15 is 0 Å². The Morgan fingerprint density at radius 3 is 2.52 bits per heavy atom. The SMILES string of the molecule is CCc1onc(C)c1C(=O)Nc1ccc(C(C)N)cc1.Cl. The molecule has 0 saturated heterocycles. The van der Waals surface area contributed by atoms with Crippen LogP contribution in [-0.4, -0.2) is 11.1 Å². The molecule has 0 fully saturated rings. The van der Waals surface area contributed by atoms with Crippen LogP contribution in [0, 0.1) is 6.92 Å². The lowest BCUT2D eigenvalue weighted by Gasteiger charge is -2.08.